The molecule has 6 rings (SSSR count). The summed E-state index contributed by atoms with van der Waals surface area (Å²) in [5, 5.41) is 14.3. The second-order valence-electron chi connectivity index (χ2n) is 9.60. The zero-order valence-corrected chi connectivity index (χ0v) is 23.3. The Hall–Kier alpha value is -4.61. The van der Waals surface area contributed by atoms with Crippen LogP contribution in [0.1, 0.15) is 35.1 Å². The van der Waals surface area contributed by atoms with E-state index in [9.17, 15) is 9.59 Å². The Kier molecular flexibility index (Phi) is 6.29. The molecule has 0 radical (unpaired) electrons. The molecular weight excluding hydrogens is 584 g/mol. The molecule has 0 fully saturated rings. The van der Waals surface area contributed by atoms with Crippen LogP contribution >= 0.6 is 23.2 Å². The Labute approximate surface area is 252 Å². The van der Waals surface area contributed by atoms with Crippen molar-refractivity contribution in [2.75, 3.05) is 5.32 Å². The van der Waals surface area contributed by atoms with Gasteiger partial charge in [-0.2, -0.15) is 5.10 Å². The molecule has 1 atom stereocenters. The molecule has 10 nitrogen and oxygen atoms in total. The molecule has 4 aromatic heterocycles. The Morgan fingerprint density at radius 3 is 2.83 bits per heavy atom. The molecule has 5 heterocycles. The van der Waals surface area contributed by atoms with Crippen LogP contribution in [0, 0.1) is 11.7 Å². The van der Waals surface area contributed by atoms with Crippen molar-refractivity contribution in [3.8, 4) is 28.3 Å². The first-order chi connectivity index (χ1) is 21.4. The second-order valence-corrected chi connectivity index (χ2v) is 10.4. The number of hydrogen-bond acceptors (Lipinski definition) is 7. The smallest absolute Gasteiger partial charge is 0.227 e. The minimum Gasteiger partial charge on any atom is -0.463 e. The van der Waals surface area contributed by atoms with E-state index in [-0.39, 0.29) is 50.0 Å². The molecule has 5 aromatic rings. The number of carbonyl (C=O) groups excluding carboxylic acids is 1. The molecule has 1 aromatic carbocycles. The van der Waals surface area contributed by atoms with Crippen LogP contribution in [0.25, 0.3) is 33.8 Å². The normalized spacial score (nSPS) is 17.9. The number of fused-ring (bicyclic) bond motifs is 4. The minimum atomic E-state index is -2.65. The van der Waals surface area contributed by atoms with Crippen molar-refractivity contribution in [3.63, 3.8) is 0 Å². The van der Waals surface area contributed by atoms with Gasteiger partial charge in [-0.25, -0.2) is 9.07 Å². The summed E-state index contributed by atoms with van der Waals surface area (Å²) >= 11 is 12.0. The SMILES string of the molecule is [2H]C([2H])([2H])n1ncc2c1-c1ccnc(c1)/C(c1coc(-c3c(-n4cc(Cl)nn4)ccc(Cl)c3F)cc1=O)=C\CC[C@@H](C)C(=O)N2. The van der Waals surface area contributed by atoms with Crippen LogP contribution in [0.15, 0.2) is 70.5 Å². The third-order valence-corrected chi connectivity index (χ3v) is 7.35. The maximum atomic E-state index is 15.4. The van der Waals surface area contributed by atoms with Crippen LogP contribution in [-0.4, -0.2) is 35.7 Å². The maximum absolute atomic E-state index is 15.4. The first-order valence-corrected chi connectivity index (χ1v) is 13.4. The largest absolute Gasteiger partial charge is 0.463 e. The summed E-state index contributed by atoms with van der Waals surface area (Å²) in [5.74, 6) is -1.75. The number of aryl methyl sites for hydroxylation is 1. The van der Waals surface area contributed by atoms with Crippen molar-refractivity contribution in [3.05, 3.63) is 98.7 Å². The van der Waals surface area contributed by atoms with E-state index in [4.69, 9.17) is 31.7 Å². The number of nitrogens with one attached hydrogen (secondary N) is 1. The highest BCUT2D eigenvalue weighted by molar-refractivity contribution is 6.31. The predicted molar refractivity (Wildman–Crippen MR) is 156 cm³/mol. The van der Waals surface area contributed by atoms with Crippen LogP contribution in [-0.2, 0) is 11.8 Å². The van der Waals surface area contributed by atoms with Gasteiger partial charge in [0.15, 0.2) is 16.4 Å². The number of allylic oxidation sites excluding steroid dienone is 1. The number of anilines is 1. The number of rotatable bonds is 3. The van der Waals surface area contributed by atoms with Gasteiger partial charge in [0.2, 0.25) is 5.91 Å². The van der Waals surface area contributed by atoms with Gasteiger partial charge in [0.05, 0.1) is 51.3 Å². The van der Waals surface area contributed by atoms with Crippen LogP contribution in [0.3, 0.4) is 0 Å². The van der Waals surface area contributed by atoms with Gasteiger partial charge in [-0.1, -0.05) is 41.4 Å². The number of nitrogens with zero attached hydrogens (tertiary/aromatic N) is 6. The summed E-state index contributed by atoms with van der Waals surface area (Å²) in [4.78, 5) is 31.2. The molecule has 1 aliphatic heterocycles. The van der Waals surface area contributed by atoms with E-state index in [1.54, 1.807) is 25.1 Å². The number of hydrogen-bond donors (Lipinski definition) is 1. The summed E-state index contributed by atoms with van der Waals surface area (Å²) in [7, 11) is 0. The second kappa shape index (κ2) is 11.0. The lowest BCUT2D eigenvalue weighted by Gasteiger charge is -2.16. The number of benzene rings is 1. The molecule has 0 spiro atoms. The van der Waals surface area contributed by atoms with Gasteiger partial charge in [0, 0.05) is 40.4 Å². The van der Waals surface area contributed by atoms with Gasteiger partial charge < -0.3 is 9.73 Å². The molecule has 1 aliphatic rings. The quantitative estimate of drug-likeness (QED) is 0.269. The Morgan fingerprint density at radius 2 is 2.07 bits per heavy atom. The van der Waals surface area contributed by atoms with Crippen LogP contribution in [0.2, 0.25) is 10.2 Å². The van der Waals surface area contributed by atoms with Gasteiger partial charge in [-0.3, -0.25) is 19.3 Å². The molecule has 0 unspecified atom stereocenters. The third kappa shape index (κ3) is 5.01. The van der Waals surface area contributed by atoms with E-state index in [0.717, 1.165) is 10.7 Å². The molecule has 42 heavy (non-hydrogen) atoms. The van der Waals surface area contributed by atoms with Crippen molar-refractivity contribution in [2.24, 2.45) is 12.9 Å². The van der Waals surface area contributed by atoms with E-state index in [1.165, 1.54) is 41.7 Å². The zero-order valence-electron chi connectivity index (χ0n) is 24.8. The average molecular weight is 609 g/mol. The average Bonchev–Trinajstić information content (AvgIpc) is 3.63. The third-order valence-electron chi connectivity index (χ3n) is 6.89. The lowest BCUT2D eigenvalue weighted by atomic mass is 9.96. The number of halogens is 3. The summed E-state index contributed by atoms with van der Waals surface area (Å²) in [6.45, 7) is -0.908. The van der Waals surface area contributed by atoms with Crippen LogP contribution < -0.4 is 10.7 Å². The highest BCUT2D eigenvalue weighted by Crippen LogP contribution is 2.35. The van der Waals surface area contributed by atoms with Gasteiger partial charge in [-0.15, -0.1) is 5.10 Å². The van der Waals surface area contributed by atoms with E-state index in [2.05, 4.69) is 25.7 Å². The standard InChI is InChI=1S/C29H22Cl2FN7O3/c1-15-4-3-5-17(20-10-16(8-9-33-20)28-21(35-29(15)41)12-34-38(28)2)18-14-42-24(11-23(18)40)26-22(7-6-19(30)27(26)32)39-13-25(31)36-37-39/h5-15H,3-4H2,1-2H3,(H,35,41)/b17-5-/t15-/m1/s1/i2D3. The van der Waals surface area contributed by atoms with E-state index < -0.39 is 24.1 Å². The fourth-order valence-electron chi connectivity index (χ4n) is 4.73. The summed E-state index contributed by atoms with van der Waals surface area (Å²) in [5.41, 5.74) is 1.11. The van der Waals surface area contributed by atoms with Gasteiger partial charge in [-0.05, 0) is 37.1 Å². The van der Waals surface area contributed by atoms with Gasteiger partial charge >= 0.3 is 0 Å². The van der Waals surface area contributed by atoms with Crippen LogP contribution in [0.5, 0.6) is 0 Å². The summed E-state index contributed by atoms with van der Waals surface area (Å²) in [6.07, 6.45) is 7.85. The molecule has 2 bridgehead atoms. The van der Waals surface area contributed by atoms with Crippen molar-refractivity contribution >= 4 is 40.4 Å². The maximum Gasteiger partial charge on any atom is 0.227 e. The highest BCUT2D eigenvalue weighted by atomic mass is 35.5. The highest BCUT2D eigenvalue weighted by Gasteiger charge is 2.23. The lowest BCUT2D eigenvalue weighted by molar-refractivity contribution is -0.119. The van der Waals surface area contributed by atoms with Crippen molar-refractivity contribution in [1.29, 1.82) is 0 Å². The first-order valence-electron chi connectivity index (χ1n) is 14.2. The molecule has 0 aliphatic carbocycles. The minimum absolute atomic E-state index is 0.0677. The van der Waals surface area contributed by atoms with Gasteiger partial charge in [0.25, 0.3) is 0 Å². The molecule has 212 valence electrons. The zero-order chi connectivity index (χ0) is 32.0. The van der Waals surface area contributed by atoms with Crippen molar-refractivity contribution in [2.45, 2.75) is 19.8 Å². The molecule has 13 heteroatoms. The summed E-state index contributed by atoms with van der Waals surface area (Å²) in [6, 6.07) is 7.13. The molecule has 1 amide bonds. The number of aromatic nitrogens is 6. The lowest BCUT2D eigenvalue weighted by Crippen LogP contribution is -2.20. The number of carbonyl (C=O) groups is 1. The fraction of sp³-hybridized carbons (Fsp3) is 0.172. The van der Waals surface area contributed by atoms with E-state index in [1.807, 2.05) is 0 Å². The Balaban J connectivity index is 1.50. The number of pyridine rings is 1. The van der Waals surface area contributed by atoms with Gasteiger partial charge in [0.1, 0.15) is 12.0 Å². The molecule has 0 saturated heterocycles. The van der Waals surface area contributed by atoms with Crippen LogP contribution in [0.4, 0.5) is 10.1 Å². The van der Waals surface area contributed by atoms with Crippen molar-refractivity contribution in [1.82, 2.24) is 29.8 Å². The Bertz CT molecular complexity index is 2060. The fourth-order valence-corrected chi connectivity index (χ4v) is 5.01. The van der Waals surface area contributed by atoms with E-state index >= 15 is 4.39 Å². The molecule has 1 N–H and O–H groups in total. The molecular formula is C29H22Cl2FN7O3. The number of amides is 1. The summed E-state index contributed by atoms with van der Waals surface area (Å²) < 4.78 is 47.3. The van der Waals surface area contributed by atoms with Crippen molar-refractivity contribution < 1.29 is 17.7 Å². The Morgan fingerprint density at radius 1 is 1.21 bits per heavy atom. The topological polar surface area (TPSA) is 121 Å². The predicted octanol–water partition coefficient (Wildman–Crippen LogP) is 5.93. The van der Waals surface area contributed by atoms with E-state index in [0.29, 0.717) is 29.7 Å². The monoisotopic (exact) mass is 608 g/mol. The first kappa shape index (κ1) is 24.0. The molecule has 0 saturated carbocycles.